The average Bonchev–Trinajstić information content (AvgIpc) is 2.51. The maximum absolute atomic E-state index is 12.3. The van der Waals surface area contributed by atoms with Gasteiger partial charge in [0.1, 0.15) is 5.75 Å². The Morgan fingerprint density at radius 1 is 1.33 bits per heavy atom. The number of nitrogens with one attached hydrogen (secondary N) is 1. The molecule has 134 valence electrons. The van der Waals surface area contributed by atoms with Gasteiger partial charge in [-0.15, -0.1) is 0 Å². The van der Waals surface area contributed by atoms with Gasteiger partial charge in [0.2, 0.25) is 10.0 Å². The van der Waals surface area contributed by atoms with Gasteiger partial charge in [-0.25, -0.2) is 13.1 Å². The maximum Gasteiger partial charge on any atom is 0.310 e. The van der Waals surface area contributed by atoms with Crippen molar-refractivity contribution in [3.05, 3.63) is 28.3 Å². The maximum atomic E-state index is 12.3. The number of sulfonamides is 1. The molecule has 0 amide bonds. The van der Waals surface area contributed by atoms with E-state index in [0.29, 0.717) is 0 Å². The molecule has 0 aromatic heterocycles. The van der Waals surface area contributed by atoms with Crippen LogP contribution in [0.2, 0.25) is 0 Å². The highest BCUT2D eigenvalue weighted by molar-refractivity contribution is 7.89. The van der Waals surface area contributed by atoms with E-state index in [9.17, 15) is 23.3 Å². The van der Waals surface area contributed by atoms with Gasteiger partial charge in [-0.3, -0.25) is 14.9 Å². The van der Waals surface area contributed by atoms with Gasteiger partial charge in [0.15, 0.2) is 4.90 Å². The van der Waals surface area contributed by atoms with Crippen LogP contribution in [0.5, 0.6) is 5.75 Å². The second-order valence-corrected chi connectivity index (χ2v) is 7.06. The smallest absolute Gasteiger partial charge is 0.310 e. The lowest BCUT2D eigenvalue weighted by Crippen LogP contribution is -2.33. The van der Waals surface area contributed by atoms with Crippen molar-refractivity contribution in [2.24, 2.45) is 5.92 Å². The molecule has 1 rings (SSSR count). The number of esters is 1. The van der Waals surface area contributed by atoms with Crippen molar-refractivity contribution in [2.45, 2.75) is 31.8 Å². The highest BCUT2D eigenvalue weighted by Gasteiger charge is 2.28. The molecule has 10 heteroatoms. The first kappa shape index (κ1) is 19.8. The number of ether oxygens (including phenoxy) is 2. The first-order valence-corrected chi connectivity index (χ1v) is 8.59. The third kappa shape index (κ3) is 5.17. The number of hydrogen-bond donors (Lipinski definition) is 1. The highest BCUT2D eigenvalue weighted by atomic mass is 32.2. The summed E-state index contributed by atoms with van der Waals surface area (Å²) in [5, 5.41) is 11.1. The van der Waals surface area contributed by atoms with Crippen LogP contribution in [0.15, 0.2) is 23.1 Å². The Balaban J connectivity index is 2.97. The summed E-state index contributed by atoms with van der Waals surface area (Å²) in [6.07, 6.45) is -0.320. The molecule has 0 heterocycles. The molecule has 0 unspecified atom stereocenters. The van der Waals surface area contributed by atoms with Crippen molar-refractivity contribution in [1.82, 2.24) is 4.72 Å². The molecule has 1 atom stereocenters. The number of rotatable bonds is 8. The van der Waals surface area contributed by atoms with Crippen LogP contribution in [0.25, 0.3) is 0 Å². The van der Waals surface area contributed by atoms with Gasteiger partial charge in [0.05, 0.1) is 30.1 Å². The zero-order valence-corrected chi connectivity index (χ0v) is 14.6. The molecule has 9 nitrogen and oxygen atoms in total. The quantitative estimate of drug-likeness (QED) is 0.423. The molecule has 0 aliphatic heterocycles. The van der Waals surface area contributed by atoms with Crippen LogP contribution in [0.1, 0.15) is 20.8 Å². The Morgan fingerprint density at radius 2 is 1.96 bits per heavy atom. The molecule has 1 aromatic carbocycles. The van der Waals surface area contributed by atoms with Crippen LogP contribution in [-0.2, 0) is 19.6 Å². The largest absolute Gasteiger partial charge is 0.497 e. The number of carbonyl (C=O) groups is 1. The summed E-state index contributed by atoms with van der Waals surface area (Å²) in [5.74, 6) is -1.13. The Morgan fingerprint density at radius 3 is 2.46 bits per heavy atom. The van der Waals surface area contributed by atoms with Crippen LogP contribution in [-0.4, -0.2) is 39.1 Å². The summed E-state index contributed by atoms with van der Waals surface area (Å²) in [6.45, 7) is 4.61. The minimum absolute atomic E-state index is 0.162. The van der Waals surface area contributed by atoms with Gasteiger partial charge >= 0.3 is 5.97 Å². The highest BCUT2D eigenvalue weighted by Crippen LogP contribution is 2.28. The Hall–Kier alpha value is -2.20. The third-order valence-electron chi connectivity index (χ3n) is 2.99. The van der Waals surface area contributed by atoms with Gasteiger partial charge in [0.25, 0.3) is 5.69 Å². The molecular formula is C14H20N2O7S. The average molecular weight is 360 g/mol. The van der Waals surface area contributed by atoms with Crippen LogP contribution in [0.3, 0.4) is 0 Å². The second-order valence-electron chi connectivity index (χ2n) is 5.33. The normalized spacial score (nSPS) is 12.7. The van der Waals surface area contributed by atoms with Crippen LogP contribution >= 0.6 is 0 Å². The minimum atomic E-state index is -4.17. The first-order valence-electron chi connectivity index (χ1n) is 7.11. The van der Waals surface area contributed by atoms with E-state index in [-0.39, 0.29) is 18.4 Å². The standard InChI is InChI=1S/C14H20N2O7S/c1-9(2)23-14(17)10(3)8-15-24(20,21)13-6-5-11(22-4)7-12(13)16(18)19/h5-7,9-10,15H,8H2,1-4H3/t10-/m1/s1. The number of nitro benzene ring substituents is 1. The lowest BCUT2D eigenvalue weighted by molar-refractivity contribution is -0.387. The molecular weight excluding hydrogens is 340 g/mol. The Kier molecular flexibility index (Phi) is 6.67. The minimum Gasteiger partial charge on any atom is -0.497 e. The van der Waals surface area contributed by atoms with Crippen molar-refractivity contribution >= 4 is 21.7 Å². The fourth-order valence-corrected chi connectivity index (χ4v) is 3.02. The van der Waals surface area contributed by atoms with E-state index in [4.69, 9.17) is 9.47 Å². The molecule has 0 aliphatic carbocycles. The molecule has 24 heavy (non-hydrogen) atoms. The zero-order chi connectivity index (χ0) is 18.5. The molecule has 0 aliphatic rings. The molecule has 0 fully saturated rings. The van der Waals surface area contributed by atoms with Crippen LogP contribution in [0.4, 0.5) is 5.69 Å². The van der Waals surface area contributed by atoms with E-state index in [1.54, 1.807) is 13.8 Å². The number of carbonyl (C=O) groups excluding carboxylic acids is 1. The number of nitrogens with zero attached hydrogens (tertiary/aromatic N) is 1. The van der Waals surface area contributed by atoms with E-state index in [2.05, 4.69) is 4.72 Å². The number of methoxy groups -OCH3 is 1. The van der Waals surface area contributed by atoms with E-state index < -0.39 is 37.4 Å². The van der Waals surface area contributed by atoms with E-state index in [0.717, 1.165) is 12.1 Å². The number of benzene rings is 1. The third-order valence-corrected chi connectivity index (χ3v) is 4.46. The molecule has 0 spiro atoms. The van der Waals surface area contributed by atoms with Crippen molar-refractivity contribution in [1.29, 1.82) is 0 Å². The molecule has 1 N–H and O–H groups in total. The second kappa shape index (κ2) is 8.06. The lowest BCUT2D eigenvalue weighted by Gasteiger charge is -2.14. The molecule has 0 radical (unpaired) electrons. The molecule has 0 saturated heterocycles. The van der Waals surface area contributed by atoms with Gasteiger partial charge in [-0.1, -0.05) is 6.92 Å². The zero-order valence-electron chi connectivity index (χ0n) is 13.8. The predicted molar refractivity (Wildman–Crippen MR) is 85.2 cm³/mol. The Labute approximate surface area is 140 Å². The SMILES string of the molecule is COc1ccc(S(=O)(=O)NC[C@@H](C)C(=O)OC(C)C)c([N+](=O)[O-])c1. The molecule has 1 aromatic rings. The first-order chi connectivity index (χ1) is 11.1. The summed E-state index contributed by atoms with van der Waals surface area (Å²) in [5.41, 5.74) is -0.612. The molecule has 0 bridgehead atoms. The lowest BCUT2D eigenvalue weighted by atomic mass is 10.2. The van der Waals surface area contributed by atoms with Crippen molar-refractivity contribution < 1.29 is 27.6 Å². The monoisotopic (exact) mass is 360 g/mol. The Bertz CT molecular complexity index is 716. The summed E-state index contributed by atoms with van der Waals surface area (Å²) < 4.78 is 36.6. The summed E-state index contributed by atoms with van der Waals surface area (Å²) >= 11 is 0. The fraction of sp³-hybridized carbons (Fsp3) is 0.500. The summed E-state index contributed by atoms with van der Waals surface area (Å²) in [6, 6.07) is 3.40. The van der Waals surface area contributed by atoms with E-state index in [1.165, 1.54) is 20.1 Å². The van der Waals surface area contributed by atoms with Crippen molar-refractivity contribution in [3.63, 3.8) is 0 Å². The van der Waals surface area contributed by atoms with E-state index in [1.807, 2.05) is 0 Å². The summed E-state index contributed by atoms with van der Waals surface area (Å²) in [4.78, 5) is 21.5. The predicted octanol–water partition coefficient (Wildman–Crippen LogP) is 1.47. The van der Waals surface area contributed by atoms with Gasteiger partial charge in [0, 0.05) is 6.54 Å². The van der Waals surface area contributed by atoms with Crippen molar-refractivity contribution in [2.75, 3.05) is 13.7 Å². The van der Waals surface area contributed by atoms with Crippen molar-refractivity contribution in [3.8, 4) is 5.75 Å². The topological polar surface area (TPSA) is 125 Å². The number of nitro groups is 1. The van der Waals surface area contributed by atoms with Gasteiger partial charge in [-0.05, 0) is 26.0 Å². The van der Waals surface area contributed by atoms with Gasteiger partial charge < -0.3 is 9.47 Å². The van der Waals surface area contributed by atoms with E-state index >= 15 is 0 Å². The molecule has 0 saturated carbocycles. The number of hydrogen-bond acceptors (Lipinski definition) is 7. The van der Waals surface area contributed by atoms with Crippen LogP contribution in [0, 0.1) is 16.0 Å². The fourth-order valence-electron chi connectivity index (χ4n) is 1.74. The van der Waals surface area contributed by atoms with Crippen LogP contribution < -0.4 is 9.46 Å². The van der Waals surface area contributed by atoms with Gasteiger partial charge in [-0.2, -0.15) is 0 Å². The summed E-state index contributed by atoms with van der Waals surface area (Å²) in [7, 11) is -2.86.